The Morgan fingerprint density at radius 2 is 1.11 bits per heavy atom. The number of carboxylic acids is 1. The van der Waals surface area contributed by atoms with Crippen molar-refractivity contribution in [3.8, 4) is 0 Å². The van der Waals surface area contributed by atoms with Gasteiger partial charge in [0.15, 0.2) is 0 Å². The minimum absolute atomic E-state index is 0. The number of halogens is 4. The molecule has 7 heteroatoms. The second-order valence-electron chi connectivity index (χ2n) is 0.519. The molecule has 0 aromatic carbocycles. The standard InChI is InChI=1S/C2H4O2.4ClH.Ti/c1-2(3)4;;;;;/h1H3,(H,3,4);4*1H;/q;;;;;+4/p-4. The van der Waals surface area contributed by atoms with Gasteiger partial charge in [-0.15, -0.1) is 0 Å². The second kappa shape index (κ2) is 34.5. The number of carbonyl (C=O) groups is 1. The van der Waals surface area contributed by atoms with E-state index in [-0.39, 0.29) is 71.3 Å². The van der Waals surface area contributed by atoms with Crippen LogP contribution < -0.4 is 49.6 Å². The van der Waals surface area contributed by atoms with E-state index in [1.165, 1.54) is 0 Å². The summed E-state index contributed by atoms with van der Waals surface area (Å²) in [5.41, 5.74) is 0. The zero-order chi connectivity index (χ0) is 3.58. The number of hydrogen-bond donors (Lipinski definition) is 1. The molecule has 0 aliphatic rings. The first-order valence-corrected chi connectivity index (χ1v) is 0.928. The topological polar surface area (TPSA) is 37.3 Å². The molecule has 0 aromatic heterocycles. The fourth-order valence-corrected chi connectivity index (χ4v) is 0. The van der Waals surface area contributed by atoms with Gasteiger partial charge in [0.05, 0.1) is 0 Å². The van der Waals surface area contributed by atoms with Crippen molar-refractivity contribution in [1.82, 2.24) is 0 Å². The normalized spacial score (nSPS) is 2.78. The Hall–Kier alpha value is 1.34. The maximum atomic E-state index is 9.00. The van der Waals surface area contributed by atoms with E-state index >= 15 is 0 Å². The zero-order valence-corrected chi connectivity index (χ0v) is 8.95. The third-order valence-corrected chi connectivity index (χ3v) is 0. The Labute approximate surface area is 93.7 Å². The van der Waals surface area contributed by atoms with Crippen LogP contribution in [0.1, 0.15) is 6.92 Å². The van der Waals surface area contributed by atoms with Gasteiger partial charge in [-0.3, -0.25) is 4.79 Å². The first kappa shape index (κ1) is 47.9. The van der Waals surface area contributed by atoms with Crippen LogP contribution in [0.2, 0.25) is 0 Å². The molecule has 0 fully saturated rings. The van der Waals surface area contributed by atoms with Gasteiger partial charge in [0.25, 0.3) is 5.97 Å². The van der Waals surface area contributed by atoms with Crippen LogP contribution in [0.25, 0.3) is 0 Å². The smallest absolute Gasteiger partial charge is 1.00 e. The molecule has 0 saturated carbocycles. The maximum absolute atomic E-state index is 9.00. The molecule has 0 unspecified atom stereocenters. The molecular weight excluding hydrogens is 246 g/mol. The van der Waals surface area contributed by atoms with Gasteiger partial charge in [-0.2, -0.15) is 0 Å². The van der Waals surface area contributed by atoms with Crippen molar-refractivity contribution in [1.29, 1.82) is 0 Å². The minimum Gasteiger partial charge on any atom is -1.00 e. The fraction of sp³-hybridized carbons (Fsp3) is 0.500. The first-order valence-electron chi connectivity index (χ1n) is 0.928. The van der Waals surface area contributed by atoms with Crippen molar-refractivity contribution in [2.45, 2.75) is 6.92 Å². The van der Waals surface area contributed by atoms with Gasteiger partial charge in [0, 0.05) is 6.92 Å². The van der Waals surface area contributed by atoms with E-state index in [4.69, 9.17) is 9.90 Å². The third-order valence-electron chi connectivity index (χ3n) is 0. The van der Waals surface area contributed by atoms with Gasteiger partial charge >= 0.3 is 21.7 Å². The van der Waals surface area contributed by atoms with Gasteiger partial charge in [0.1, 0.15) is 0 Å². The summed E-state index contributed by atoms with van der Waals surface area (Å²) in [7, 11) is 0. The van der Waals surface area contributed by atoms with Crippen molar-refractivity contribution in [3.63, 3.8) is 0 Å². The molecule has 0 amide bonds. The van der Waals surface area contributed by atoms with E-state index in [0.29, 0.717) is 0 Å². The Kier molecular flexibility index (Phi) is 183. The van der Waals surface area contributed by atoms with Crippen molar-refractivity contribution >= 4 is 5.97 Å². The molecule has 9 heavy (non-hydrogen) atoms. The molecule has 1 N–H and O–H groups in total. The van der Waals surface area contributed by atoms with Gasteiger partial charge in [-0.05, 0) is 0 Å². The van der Waals surface area contributed by atoms with E-state index in [0.717, 1.165) is 6.92 Å². The number of hydrogen-bond acceptors (Lipinski definition) is 1. The van der Waals surface area contributed by atoms with Crippen LogP contribution in [0.4, 0.5) is 0 Å². The van der Waals surface area contributed by atoms with E-state index in [1.807, 2.05) is 0 Å². The van der Waals surface area contributed by atoms with Crippen LogP contribution >= 0.6 is 0 Å². The predicted octanol–water partition coefficient (Wildman–Crippen LogP) is -11.9. The Morgan fingerprint density at radius 1 is 1.11 bits per heavy atom. The monoisotopic (exact) mass is 248 g/mol. The summed E-state index contributed by atoms with van der Waals surface area (Å²) in [4.78, 5) is 9.00. The average Bonchev–Trinajstić information content (AvgIpc) is 0.811. The van der Waals surface area contributed by atoms with Crippen molar-refractivity contribution in [3.05, 3.63) is 0 Å². The van der Waals surface area contributed by atoms with Crippen LogP contribution in [0.3, 0.4) is 0 Å². The quantitative estimate of drug-likeness (QED) is 0.433. The zero-order valence-electron chi connectivity index (χ0n) is 4.37. The Balaban J connectivity index is -0.00000000450. The summed E-state index contributed by atoms with van der Waals surface area (Å²) in [6.45, 7) is 1.08. The van der Waals surface area contributed by atoms with E-state index in [9.17, 15) is 0 Å². The molecule has 0 spiro atoms. The summed E-state index contributed by atoms with van der Waals surface area (Å²) in [6.07, 6.45) is 0. The molecule has 0 heterocycles. The maximum Gasteiger partial charge on any atom is 4.00 e. The number of carboxylic acid groups (broad SMARTS) is 1. The van der Waals surface area contributed by atoms with Crippen molar-refractivity contribution in [2.24, 2.45) is 0 Å². The van der Waals surface area contributed by atoms with Crippen LogP contribution in [0.15, 0.2) is 0 Å². The Bertz CT molecular complexity index is 39.5. The van der Waals surface area contributed by atoms with Gasteiger partial charge < -0.3 is 54.7 Å². The molecule has 0 aromatic rings. The fourth-order valence-electron chi connectivity index (χ4n) is 0. The first-order chi connectivity index (χ1) is 1.73. The summed E-state index contributed by atoms with van der Waals surface area (Å²) in [5.74, 6) is -0.833. The molecule has 0 bridgehead atoms. The molecule has 56 valence electrons. The summed E-state index contributed by atoms with van der Waals surface area (Å²) in [6, 6.07) is 0. The van der Waals surface area contributed by atoms with Gasteiger partial charge in [-0.1, -0.05) is 0 Å². The van der Waals surface area contributed by atoms with Crippen molar-refractivity contribution in [2.75, 3.05) is 0 Å². The van der Waals surface area contributed by atoms with E-state index in [2.05, 4.69) is 0 Å². The molecule has 0 atom stereocenters. The van der Waals surface area contributed by atoms with Gasteiger partial charge in [-0.25, -0.2) is 0 Å². The SMILES string of the molecule is CC(=O)O.[Cl-].[Cl-].[Cl-].[Cl-].[Ti+4]. The molecule has 0 radical (unpaired) electrons. The Morgan fingerprint density at radius 3 is 1.11 bits per heavy atom. The summed E-state index contributed by atoms with van der Waals surface area (Å²) in [5, 5.41) is 7.42. The average molecular weight is 250 g/mol. The molecule has 0 aliphatic carbocycles. The largest absolute Gasteiger partial charge is 4.00 e. The number of aliphatic carboxylic acids is 1. The summed E-state index contributed by atoms with van der Waals surface area (Å²) >= 11 is 0. The number of rotatable bonds is 0. The second-order valence-corrected chi connectivity index (χ2v) is 0.519. The van der Waals surface area contributed by atoms with Gasteiger partial charge in [0.2, 0.25) is 0 Å². The van der Waals surface area contributed by atoms with Crippen LogP contribution in [-0.2, 0) is 26.5 Å². The van der Waals surface area contributed by atoms with Crippen LogP contribution in [0, 0.1) is 0 Å². The predicted molar refractivity (Wildman–Crippen MR) is 13.3 cm³/mol. The van der Waals surface area contributed by atoms with Crippen LogP contribution in [-0.4, -0.2) is 11.1 Å². The van der Waals surface area contributed by atoms with E-state index in [1.54, 1.807) is 0 Å². The summed E-state index contributed by atoms with van der Waals surface area (Å²) < 4.78 is 0. The van der Waals surface area contributed by atoms with Crippen molar-refractivity contribution < 1.29 is 81.2 Å². The minimum atomic E-state index is -0.833. The molecule has 0 saturated heterocycles. The molecule has 0 aliphatic heterocycles. The third kappa shape index (κ3) is 279. The molecule has 0 rings (SSSR count). The van der Waals surface area contributed by atoms with Crippen LogP contribution in [0.5, 0.6) is 0 Å². The molecular formula is C2H4Cl4O2Ti. The van der Waals surface area contributed by atoms with E-state index < -0.39 is 5.97 Å². The molecule has 2 nitrogen and oxygen atoms in total.